The van der Waals surface area contributed by atoms with E-state index in [4.69, 9.17) is 0 Å². The quantitative estimate of drug-likeness (QED) is 0.817. The highest BCUT2D eigenvalue weighted by atomic mass is 19.1. The van der Waals surface area contributed by atoms with E-state index in [1.165, 1.54) is 17.0 Å². The molecule has 0 N–H and O–H groups in total. The predicted molar refractivity (Wildman–Crippen MR) is 77.3 cm³/mol. The van der Waals surface area contributed by atoms with Crippen molar-refractivity contribution in [1.82, 2.24) is 4.90 Å². The van der Waals surface area contributed by atoms with Crippen LogP contribution >= 0.6 is 0 Å². The van der Waals surface area contributed by atoms with Crippen LogP contribution in [0, 0.1) is 11.6 Å². The Balaban J connectivity index is 2.22. The summed E-state index contributed by atoms with van der Waals surface area (Å²) in [6.07, 6.45) is 0.295. The second kappa shape index (κ2) is 6.97. The molecule has 0 spiro atoms. The van der Waals surface area contributed by atoms with Crippen LogP contribution in [0.15, 0.2) is 48.5 Å². The van der Waals surface area contributed by atoms with E-state index in [1.807, 2.05) is 0 Å². The molecule has 2 aromatic rings. The molecular formula is C17H17F2NO. The van der Waals surface area contributed by atoms with Gasteiger partial charge in [0.1, 0.15) is 11.6 Å². The Kier molecular flexibility index (Phi) is 5.04. The average molecular weight is 289 g/mol. The Labute approximate surface area is 123 Å². The van der Waals surface area contributed by atoms with Crippen LogP contribution in [0.25, 0.3) is 0 Å². The molecule has 0 aliphatic heterocycles. The van der Waals surface area contributed by atoms with E-state index >= 15 is 0 Å². The summed E-state index contributed by atoms with van der Waals surface area (Å²) in [6.45, 7) is 2.00. The molecule has 4 heteroatoms. The number of rotatable bonds is 5. The van der Waals surface area contributed by atoms with Gasteiger partial charge in [0, 0.05) is 30.6 Å². The maximum Gasteiger partial charge on any atom is 0.222 e. The van der Waals surface area contributed by atoms with Crippen LogP contribution in [0.4, 0.5) is 8.78 Å². The lowest BCUT2D eigenvalue weighted by atomic mass is 10.1. The number of benzene rings is 2. The molecule has 21 heavy (non-hydrogen) atoms. The van der Waals surface area contributed by atoms with Crippen molar-refractivity contribution in [1.29, 1.82) is 0 Å². The lowest BCUT2D eigenvalue weighted by Gasteiger charge is -2.23. The summed E-state index contributed by atoms with van der Waals surface area (Å²) in [6, 6.07) is 12.6. The van der Waals surface area contributed by atoms with Gasteiger partial charge in [-0.05, 0) is 12.1 Å². The van der Waals surface area contributed by atoms with Crippen LogP contribution in [-0.2, 0) is 17.9 Å². The zero-order valence-corrected chi connectivity index (χ0v) is 11.9. The van der Waals surface area contributed by atoms with E-state index < -0.39 is 0 Å². The molecule has 110 valence electrons. The highest BCUT2D eigenvalue weighted by Gasteiger charge is 2.16. The van der Waals surface area contributed by atoms with Crippen LogP contribution in [-0.4, -0.2) is 10.8 Å². The van der Waals surface area contributed by atoms with E-state index in [0.29, 0.717) is 17.5 Å². The zero-order chi connectivity index (χ0) is 15.2. The van der Waals surface area contributed by atoms with Gasteiger partial charge in [-0.2, -0.15) is 0 Å². The maximum atomic E-state index is 13.7. The van der Waals surface area contributed by atoms with Crippen LogP contribution in [0.5, 0.6) is 0 Å². The van der Waals surface area contributed by atoms with Crippen LogP contribution in [0.1, 0.15) is 24.5 Å². The first-order valence-corrected chi connectivity index (χ1v) is 6.86. The smallest absolute Gasteiger partial charge is 0.222 e. The molecule has 1 amide bonds. The maximum absolute atomic E-state index is 13.7. The summed E-state index contributed by atoms with van der Waals surface area (Å²) >= 11 is 0. The minimum absolute atomic E-state index is 0.133. The SMILES string of the molecule is CCC(=O)N(Cc1ccccc1F)Cc1ccccc1F. The standard InChI is InChI=1S/C17H17F2NO/c1-2-17(21)20(11-13-7-3-5-9-15(13)18)12-14-8-4-6-10-16(14)19/h3-10H,2,11-12H2,1H3. The molecule has 0 saturated carbocycles. The van der Waals surface area contributed by atoms with Gasteiger partial charge < -0.3 is 4.90 Å². The van der Waals surface area contributed by atoms with E-state index in [-0.39, 0.29) is 30.6 Å². The Bertz CT molecular complexity index is 580. The number of carbonyl (C=O) groups excluding carboxylic acids is 1. The minimum Gasteiger partial charge on any atom is -0.334 e. The third-order valence-corrected chi connectivity index (χ3v) is 3.29. The summed E-state index contributed by atoms with van der Waals surface area (Å²) < 4.78 is 27.4. The van der Waals surface area contributed by atoms with Gasteiger partial charge in [-0.3, -0.25) is 4.79 Å². The normalized spacial score (nSPS) is 10.4. The van der Waals surface area contributed by atoms with Crippen molar-refractivity contribution < 1.29 is 13.6 Å². The Morgan fingerprint density at radius 3 is 1.71 bits per heavy atom. The molecule has 0 aliphatic carbocycles. The van der Waals surface area contributed by atoms with Gasteiger partial charge in [-0.1, -0.05) is 43.3 Å². The van der Waals surface area contributed by atoms with Gasteiger partial charge in [0.25, 0.3) is 0 Å². The molecule has 2 nitrogen and oxygen atoms in total. The van der Waals surface area contributed by atoms with Crippen molar-refractivity contribution in [2.75, 3.05) is 0 Å². The summed E-state index contributed by atoms with van der Waals surface area (Å²) in [5.41, 5.74) is 0.853. The Hall–Kier alpha value is -2.23. The molecule has 0 aromatic heterocycles. The molecule has 0 bridgehead atoms. The van der Waals surface area contributed by atoms with Crippen molar-refractivity contribution in [3.05, 3.63) is 71.3 Å². The van der Waals surface area contributed by atoms with E-state index in [1.54, 1.807) is 43.3 Å². The average Bonchev–Trinajstić information content (AvgIpc) is 2.50. The summed E-state index contributed by atoms with van der Waals surface area (Å²) in [7, 11) is 0. The molecule has 0 radical (unpaired) electrons. The van der Waals surface area contributed by atoms with Gasteiger partial charge >= 0.3 is 0 Å². The first-order chi connectivity index (χ1) is 10.1. The first-order valence-electron chi connectivity index (χ1n) is 6.86. The monoisotopic (exact) mass is 289 g/mol. The fourth-order valence-corrected chi connectivity index (χ4v) is 2.12. The summed E-state index contributed by atoms with van der Waals surface area (Å²) in [4.78, 5) is 13.5. The highest BCUT2D eigenvalue weighted by Crippen LogP contribution is 2.15. The molecule has 0 saturated heterocycles. The second-order valence-electron chi connectivity index (χ2n) is 4.79. The van der Waals surface area contributed by atoms with Crippen molar-refractivity contribution in [3.63, 3.8) is 0 Å². The fourth-order valence-electron chi connectivity index (χ4n) is 2.12. The van der Waals surface area contributed by atoms with Crippen LogP contribution < -0.4 is 0 Å². The predicted octanol–water partition coefficient (Wildman–Crippen LogP) is 3.90. The molecule has 0 fully saturated rings. The first kappa shape index (κ1) is 15.2. The zero-order valence-electron chi connectivity index (χ0n) is 11.9. The van der Waals surface area contributed by atoms with Crippen molar-refractivity contribution >= 4 is 5.91 Å². The second-order valence-corrected chi connectivity index (χ2v) is 4.79. The van der Waals surface area contributed by atoms with Crippen LogP contribution in [0.2, 0.25) is 0 Å². The van der Waals surface area contributed by atoms with E-state index in [9.17, 15) is 13.6 Å². The molecular weight excluding hydrogens is 272 g/mol. The van der Waals surface area contributed by atoms with Crippen molar-refractivity contribution in [3.8, 4) is 0 Å². The lowest BCUT2D eigenvalue weighted by Crippen LogP contribution is -2.30. The van der Waals surface area contributed by atoms with Gasteiger partial charge in [0.2, 0.25) is 5.91 Å². The molecule has 0 aliphatic rings. The summed E-state index contributed by atoms with van der Waals surface area (Å²) in [5, 5.41) is 0. The third kappa shape index (κ3) is 3.88. The van der Waals surface area contributed by atoms with Crippen molar-refractivity contribution in [2.24, 2.45) is 0 Å². The van der Waals surface area contributed by atoms with Gasteiger partial charge in [-0.15, -0.1) is 0 Å². The van der Waals surface area contributed by atoms with Crippen molar-refractivity contribution in [2.45, 2.75) is 26.4 Å². The third-order valence-electron chi connectivity index (χ3n) is 3.29. The molecule has 2 rings (SSSR count). The Morgan fingerprint density at radius 1 is 0.905 bits per heavy atom. The lowest BCUT2D eigenvalue weighted by molar-refractivity contribution is -0.132. The van der Waals surface area contributed by atoms with Gasteiger partial charge in [0.15, 0.2) is 0 Å². The number of nitrogens with zero attached hydrogens (tertiary/aromatic N) is 1. The molecule has 0 heterocycles. The van der Waals surface area contributed by atoms with Gasteiger partial charge in [0.05, 0.1) is 0 Å². The largest absolute Gasteiger partial charge is 0.334 e. The summed E-state index contributed by atoms with van der Waals surface area (Å²) in [5.74, 6) is -0.860. The van der Waals surface area contributed by atoms with Gasteiger partial charge in [-0.25, -0.2) is 8.78 Å². The number of hydrogen-bond acceptors (Lipinski definition) is 1. The number of carbonyl (C=O) groups is 1. The van der Waals surface area contributed by atoms with E-state index in [2.05, 4.69) is 0 Å². The minimum atomic E-state index is -0.361. The number of hydrogen-bond donors (Lipinski definition) is 0. The number of halogens is 2. The molecule has 2 aromatic carbocycles. The van der Waals surface area contributed by atoms with Crippen LogP contribution in [0.3, 0.4) is 0 Å². The number of amides is 1. The highest BCUT2D eigenvalue weighted by molar-refractivity contribution is 5.75. The topological polar surface area (TPSA) is 20.3 Å². The fraction of sp³-hybridized carbons (Fsp3) is 0.235. The van der Waals surface area contributed by atoms with E-state index in [0.717, 1.165) is 0 Å². The molecule has 0 atom stereocenters. The molecule has 0 unspecified atom stereocenters. The Morgan fingerprint density at radius 2 is 1.33 bits per heavy atom.